The van der Waals surface area contributed by atoms with E-state index in [-0.39, 0.29) is 29.7 Å². The number of carbonyl (C=O) groups is 1. The molecule has 0 bridgehead atoms. The SMILES string of the molecule is COC(=O)C1CN(S(=O)(=O)c2c(Cl)cnn2C)CCO1. The first-order valence-corrected chi connectivity index (χ1v) is 7.56. The quantitative estimate of drug-likeness (QED) is 0.705. The number of nitrogens with zero attached hydrogens (tertiary/aromatic N) is 3. The highest BCUT2D eigenvalue weighted by Gasteiger charge is 2.37. The zero-order valence-electron chi connectivity index (χ0n) is 10.9. The maximum atomic E-state index is 12.5. The number of aromatic nitrogens is 2. The Morgan fingerprint density at radius 3 is 2.85 bits per heavy atom. The molecule has 1 aliphatic heterocycles. The minimum atomic E-state index is -3.84. The predicted molar refractivity (Wildman–Crippen MR) is 68.7 cm³/mol. The highest BCUT2D eigenvalue weighted by atomic mass is 35.5. The van der Waals surface area contributed by atoms with Gasteiger partial charge in [0.05, 0.1) is 31.5 Å². The summed E-state index contributed by atoms with van der Waals surface area (Å²) >= 11 is 5.86. The van der Waals surface area contributed by atoms with Crippen LogP contribution >= 0.6 is 11.6 Å². The zero-order valence-corrected chi connectivity index (χ0v) is 12.5. The fourth-order valence-corrected chi connectivity index (χ4v) is 3.96. The van der Waals surface area contributed by atoms with Crippen LogP contribution in [0, 0.1) is 0 Å². The Hall–Kier alpha value is -1.16. The van der Waals surface area contributed by atoms with Crippen molar-refractivity contribution < 1.29 is 22.7 Å². The molecule has 0 saturated carbocycles. The molecule has 2 heterocycles. The molecular formula is C10H14ClN3O5S. The van der Waals surface area contributed by atoms with Gasteiger partial charge in [-0.05, 0) is 0 Å². The van der Waals surface area contributed by atoms with E-state index in [1.165, 1.54) is 25.0 Å². The Balaban J connectivity index is 2.28. The van der Waals surface area contributed by atoms with E-state index in [0.717, 1.165) is 4.31 Å². The van der Waals surface area contributed by atoms with E-state index in [1.807, 2.05) is 0 Å². The lowest BCUT2D eigenvalue weighted by Gasteiger charge is -2.30. The molecule has 0 aromatic carbocycles. The fraction of sp³-hybridized carbons (Fsp3) is 0.600. The number of halogens is 1. The van der Waals surface area contributed by atoms with Crippen LogP contribution in [0.25, 0.3) is 0 Å². The van der Waals surface area contributed by atoms with E-state index in [2.05, 4.69) is 9.84 Å². The molecule has 2 rings (SSSR count). The molecule has 112 valence electrons. The van der Waals surface area contributed by atoms with Gasteiger partial charge < -0.3 is 9.47 Å². The van der Waals surface area contributed by atoms with Gasteiger partial charge in [-0.15, -0.1) is 0 Å². The number of rotatable bonds is 3. The molecule has 0 amide bonds. The lowest BCUT2D eigenvalue weighted by atomic mass is 10.3. The maximum absolute atomic E-state index is 12.5. The normalized spacial score (nSPS) is 20.9. The summed E-state index contributed by atoms with van der Waals surface area (Å²) in [5, 5.41) is 3.73. The molecule has 0 spiro atoms. The summed E-state index contributed by atoms with van der Waals surface area (Å²) in [5.74, 6) is -0.610. The minimum absolute atomic E-state index is 0.0357. The molecule has 0 radical (unpaired) electrons. The fourth-order valence-electron chi connectivity index (χ4n) is 1.93. The number of aryl methyl sites for hydroxylation is 1. The zero-order chi connectivity index (χ0) is 14.9. The van der Waals surface area contributed by atoms with Crippen LogP contribution in [0.4, 0.5) is 0 Å². The summed E-state index contributed by atoms with van der Waals surface area (Å²) < 4.78 is 37.1. The first-order chi connectivity index (χ1) is 9.37. The third-order valence-corrected chi connectivity index (χ3v) is 5.29. The third-order valence-electron chi connectivity index (χ3n) is 2.92. The summed E-state index contributed by atoms with van der Waals surface area (Å²) in [7, 11) is -1.14. The number of esters is 1. The van der Waals surface area contributed by atoms with Gasteiger partial charge in [0.2, 0.25) is 0 Å². The van der Waals surface area contributed by atoms with Crippen LogP contribution in [-0.4, -0.2) is 61.4 Å². The summed E-state index contributed by atoms with van der Waals surface area (Å²) in [4.78, 5) is 11.4. The molecule has 0 N–H and O–H groups in total. The van der Waals surface area contributed by atoms with Crippen LogP contribution in [-0.2, 0) is 31.3 Å². The predicted octanol–water partition coefficient (Wildman–Crippen LogP) is -0.364. The molecule has 0 aliphatic carbocycles. The van der Waals surface area contributed by atoms with E-state index in [4.69, 9.17) is 16.3 Å². The van der Waals surface area contributed by atoms with Gasteiger partial charge in [0.25, 0.3) is 10.0 Å². The van der Waals surface area contributed by atoms with Crippen molar-refractivity contribution >= 4 is 27.6 Å². The summed E-state index contributed by atoms with van der Waals surface area (Å²) in [6.45, 7) is 0.127. The molecule has 1 fully saturated rings. The van der Waals surface area contributed by atoms with Gasteiger partial charge in [-0.1, -0.05) is 11.6 Å². The van der Waals surface area contributed by atoms with Crippen molar-refractivity contribution in [2.24, 2.45) is 7.05 Å². The van der Waals surface area contributed by atoms with Gasteiger partial charge in [-0.25, -0.2) is 13.2 Å². The Morgan fingerprint density at radius 2 is 2.30 bits per heavy atom. The van der Waals surface area contributed by atoms with Crippen molar-refractivity contribution in [3.8, 4) is 0 Å². The van der Waals surface area contributed by atoms with Crippen molar-refractivity contribution in [3.63, 3.8) is 0 Å². The van der Waals surface area contributed by atoms with Crippen molar-refractivity contribution in [2.75, 3.05) is 26.8 Å². The largest absolute Gasteiger partial charge is 0.467 e. The first-order valence-electron chi connectivity index (χ1n) is 5.75. The van der Waals surface area contributed by atoms with Crippen LogP contribution in [0.5, 0.6) is 0 Å². The molecule has 8 nitrogen and oxygen atoms in total. The van der Waals surface area contributed by atoms with Crippen LogP contribution in [0.15, 0.2) is 11.2 Å². The first kappa shape index (κ1) is 15.2. The summed E-state index contributed by atoms with van der Waals surface area (Å²) in [6, 6.07) is 0. The van der Waals surface area contributed by atoms with Crippen LogP contribution < -0.4 is 0 Å². The smallest absolute Gasteiger partial charge is 0.336 e. The molecule has 1 saturated heterocycles. The van der Waals surface area contributed by atoms with Crippen molar-refractivity contribution in [1.82, 2.24) is 14.1 Å². The average Bonchev–Trinajstić information content (AvgIpc) is 2.78. The van der Waals surface area contributed by atoms with E-state index in [0.29, 0.717) is 0 Å². The number of ether oxygens (including phenoxy) is 2. The van der Waals surface area contributed by atoms with Crippen LogP contribution in [0.1, 0.15) is 0 Å². The second-order valence-electron chi connectivity index (χ2n) is 4.17. The van der Waals surface area contributed by atoms with Gasteiger partial charge in [-0.2, -0.15) is 9.40 Å². The number of carbonyl (C=O) groups excluding carboxylic acids is 1. The van der Waals surface area contributed by atoms with Crippen LogP contribution in [0.3, 0.4) is 0 Å². The van der Waals surface area contributed by atoms with E-state index in [1.54, 1.807) is 0 Å². The second kappa shape index (κ2) is 5.68. The van der Waals surface area contributed by atoms with E-state index < -0.39 is 22.1 Å². The Kier molecular flexibility index (Phi) is 4.33. The number of hydrogen-bond donors (Lipinski definition) is 0. The average molecular weight is 324 g/mol. The minimum Gasteiger partial charge on any atom is -0.467 e. The lowest BCUT2D eigenvalue weighted by Crippen LogP contribution is -2.49. The number of morpholine rings is 1. The molecule has 1 aliphatic rings. The van der Waals surface area contributed by atoms with E-state index in [9.17, 15) is 13.2 Å². The number of sulfonamides is 1. The van der Waals surface area contributed by atoms with Gasteiger partial charge in [0.15, 0.2) is 11.1 Å². The Bertz CT molecular complexity index is 595. The van der Waals surface area contributed by atoms with Crippen LogP contribution in [0.2, 0.25) is 5.02 Å². The van der Waals surface area contributed by atoms with Crippen molar-refractivity contribution in [1.29, 1.82) is 0 Å². The Labute approximate surface area is 121 Å². The number of methoxy groups -OCH3 is 1. The highest BCUT2D eigenvalue weighted by Crippen LogP contribution is 2.25. The molecule has 1 aromatic heterocycles. The lowest BCUT2D eigenvalue weighted by molar-refractivity contribution is -0.157. The van der Waals surface area contributed by atoms with Gasteiger partial charge >= 0.3 is 5.97 Å². The Morgan fingerprint density at radius 1 is 1.60 bits per heavy atom. The maximum Gasteiger partial charge on any atom is 0.336 e. The summed E-state index contributed by atoms with van der Waals surface area (Å²) in [6.07, 6.45) is 0.322. The topological polar surface area (TPSA) is 90.7 Å². The van der Waals surface area contributed by atoms with Gasteiger partial charge in [0, 0.05) is 13.6 Å². The number of hydrogen-bond acceptors (Lipinski definition) is 6. The monoisotopic (exact) mass is 323 g/mol. The van der Waals surface area contributed by atoms with Crippen molar-refractivity contribution in [3.05, 3.63) is 11.2 Å². The molecule has 20 heavy (non-hydrogen) atoms. The molecular weight excluding hydrogens is 310 g/mol. The highest BCUT2D eigenvalue weighted by molar-refractivity contribution is 7.89. The molecule has 1 atom stereocenters. The molecule has 1 aromatic rings. The second-order valence-corrected chi connectivity index (χ2v) is 6.43. The van der Waals surface area contributed by atoms with Crippen molar-refractivity contribution in [2.45, 2.75) is 11.1 Å². The molecule has 1 unspecified atom stereocenters. The van der Waals surface area contributed by atoms with E-state index >= 15 is 0 Å². The standard InChI is InChI=1S/C10H14ClN3O5S/c1-13-9(7(11)5-12-13)20(16,17)14-3-4-19-8(6-14)10(15)18-2/h5,8H,3-4,6H2,1-2H3. The molecule has 10 heteroatoms. The third kappa shape index (κ3) is 2.66. The van der Waals surface area contributed by atoms with Gasteiger partial charge in [-0.3, -0.25) is 4.68 Å². The summed E-state index contributed by atoms with van der Waals surface area (Å²) in [5.41, 5.74) is 0. The van der Waals surface area contributed by atoms with Gasteiger partial charge in [0.1, 0.15) is 0 Å².